The van der Waals surface area contributed by atoms with E-state index in [2.05, 4.69) is 6.58 Å². The third kappa shape index (κ3) is 2.49. The van der Waals surface area contributed by atoms with Crippen LogP contribution in [0.2, 0.25) is 0 Å². The maximum Gasteiger partial charge on any atom is 0.331 e. The van der Waals surface area contributed by atoms with Gasteiger partial charge in [-0.3, -0.25) is 0 Å². The fourth-order valence-corrected chi connectivity index (χ4v) is 0.638. The molecule has 56 valence electrons. The largest absolute Gasteiger partial charge is 0.478 e. The smallest absolute Gasteiger partial charge is 0.331 e. The molecule has 0 spiro atoms. The van der Waals surface area contributed by atoms with Gasteiger partial charge in [0.1, 0.15) is 0 Å². The Bertz CT molecular complexity index is 166. The summed E-state index contributed by atoms with van der Waals surface area (Å²) < 4.78 is 0. The van der Waals surface area contributed by atoms with Crippen molar-refractivity contribution in [2.24, 2.45) is 5.92 Å². The average molecular weight is 140 g/mol. The number of carboxylic acids is 1. The number of hydrogen-bond donors (Lipinski definition) is 1. The summed E-state index contributed by atoms with van der Waals surface area (Å²) >= 11 is 0. The van der Waals surface area contributed by atoms with Crippen molar-refractivity contribution in [1.29, 1.82) is 0 Å². The predicted octanol–water partition coefficient (Wildman–Crippen LogP) is 1.84. The molecule has 0 unspecified atom stereocenters. The minimum Gasteiger partial charge on any atom is -0.478 e. The molecule has 0 aliphatic rings. The Hall–Kier alpha value is -1.05. The summed E-state index contributed by atoms with van der Waals surface area (Å²) in [6, 6.07) is 0. The first-order valence-corrected chi connectivity index (χ1v) is 3.15. The van der Waals surface area contributed by atoms with E-state index in [1.54, 1.807) is 0 Å². The molecule has 0 bridgehead atoms. The van der Waals surface area contributed by atoms with Crippen molar-refractivity contribution in [2.45, 2.75) is 13.8 Å². The van der Waals surface area contributed by atoms with E-state index in [1.807, 2.05) is 13.8 Å². The third-order valence-electron chi connectivity index (χ3n) is 1.17. The van der Waals surface area contributed by atoms with Crippen LogP contribution in [0.25, 0.3) is 0 Å². The van der Waals surface area contributed by atoms with E-state index < -0.39 is 5.97 Å². The molecule has 0 heterocycles. The molecular weight excluding hydrogens is 128 g/mol. The van der Waals surface area contributed by atoms with Crippen molar-refractivity contribution >= 4 is 5.97 Å². The fourth-order valence-electron chi connectivity index (χ4n) is 0.638. The molecule has 0 aromatic carbocycles. The van der Waals surface area contributed by atoms with E-state index in [9.17, 15) is 4.79 Å². The lowest BCUT2D eigenvalue weighted by Gasteiger charge is -2.02. The van der Waals surface area contributed by atoms with Gasteiger partial charge in [0.05, 0.1) is 0 Å². The van der Waals surface area contributed by atoms with Crippen LogP contribution >= 0.6 is 0 Å². The van der Waals surface area contributed by atoms with E-state index in [4.69, 9.17) is 5.11 Å². The van der Waals surface area contributed by atoms with Gasteiger partial charge in [-0.1, -0.05) is 32.6 Å². The normalized spacial score (nSPS) is 11.7. The zero-order valence-electron chi connectivity index (χ0n) is 6.29. The van der Waals surface area contributed by atoms with Gasteiger partial charge in [0, 0.05) is 5.57 Å². The van der Waals surface area contributed by atoms with Gasteiger partial charge in [-0.25, -0.2) is 4.79 Å². The van der Waals surface area contributed by atoms with Crippen molar-refractivity contribution in [1.82, 2.24) is 0 Å². The van der Waals surface area contributed by atoms with Gasteiger partial charge in [0.15, 0.2) is 0 Å². The summed E-state index contributed by atoms with van der Waals surface area (Å²) in [5.41, 5.74) is 0.398. The van der Waals surface area contributed by atoms with E-state index >= 15 is 0 Å². The Kier molecular flexibility index (Phi) is 3.47. The van der Waals surface area contributed by atoms with E-state index in [0.29, 0.717) is 5.57 Å². The topological polar surface area (TPSA) is 37.3 Å². The second-order valence-electron chi connectivity index (χ2n) is 2.32. The molecule has 1 N–H and O–H groups in total. The highest BCUT2D eigenvalue weighted by Gasteiger charge is 2.09. The molecule has 10 heavy (non-hydrogen) atoms. The molecule has 0 aromatic rings. The lowest BCUT2D eigenvalue weighted by Crippen LogP contribution is -2.06. The second-order valence-corrected chi connectivity index (χ2v) is 2.32. The SMILES string of the molecule is C=CC=C(C(=O)O)C(C)C. The van der Waals surface area contributed by atoms with Crippen molar-refractivity contribution in [2.75, 3.05) is 0 Å². The number of carboxylic acid groups (broad SMARTS) is 1. The van der Waals surface area contributed by atoms with Crippen LogP contribution in [0.4, 0.5) is 0 Å². The molecule has 0 radical (unpaired) electrons. The summed E-state index contributed by atoms with van der Waals surface area (Å²) in [6.07, 6.45) is 3.01. The Morgan fingerprint density at radius 3 is 2.20 bits per heavy atom. The van der Waals surface area contributed by atoms with E-state index in [0.717, 1.165) is 0 Å². The fraction of sp³-hybridized carbons (Fsp3) is 0.375. The predicted molar refractivity (Wildman–Crippen MR) is 40.8 cm³/mol. The van der Waals surface area contributed by atoms with Crippen LogP contribution in [-0.4, -0.2) is 11.1 Å². The van der Waals surface area contributed by atoms with Crippen LogP contribution in [0.15, 0.2) is 24.3 Å². The van der Waals surface area contributed by atoms with Gasteiger partial charge < -0.3 is 5.11 Å². The molecule has 2 nitrogen and oxygen atoms in total. The van der Waals surface area contributed by atoms with Gasteiger partial charge in [-0.15, -0.1) is 0 Å². The molecule has 0 aromatic heterocycles. The van der Waals surface area contributed by atoms with Crippen LogP contribution in [0.1, 0.15) is 13.8 Å². The average Bonchev–Trinajstić information content (AvgIpc) is 1.81. The maximum atomic E-state index is 10.4. The summed E-state index contributed by atoms with van der Waals surface area (Å²) in [4.78, 5) is 10.4. The molecule has 0 aliphatic carbocycles. The lowest BCUT2D eigenvalue weighted by molar-refractivity contribution is -0.133. The Morgan fingerprint density at radius 1 is 1.60 bits per heavy atom. The lowest BCUT2D eigenvalue weighted by atomic mass is 10.0. The van der Waals surface area contributed by atoms with Crippen molar-refractivity contribution in [3.63, 3.8) is 0 Å². The van der Waals surface area contributed by atoms with Gasteiger partial charge >= 0.3 is 5.97 Å². The van der Waals surface area contributed by atoms with Gasteiger partial charge in [-0.2, -0.15) is 0 Å². The molecule has 0 saturated heterocycles. The van der Waals surface area contributed by atoms with Crippen LogP contribution in [0, 0.1) is 5.92 Å². The third-order valence-corrected chi connectivity index (χ3v) is 1.17. The molecule has 0 aliphatic heterocycles. The Balaban J connectivity index is 4.41. The molecule has 2 heteroatoms. The highest BCUT2D eigenvalue weighted by atomic mass is 16.4. The minimum absolute atomic E-state index is 0.0514. The molecule has 0 fully saturated rings. The standard InChI is InChI=1S/C8H12O2/c1-4-5-7(6(2)3)8(9)10/h4-6H,1H2,2-3H3,(H,9,10). The van der Waals surface area contributed by atoms with Crippen LogP contribution in [0.3, 0.4) is 0 Å². The zero-order valence-corrected chi connectivity index (χ0v) is 6.29. The zero-order chi connectivity index (χ0) is 8.15. The second kappa shape index (κ2) is 3.88. The summed E-state index contributed by atoms with van der Waals surface area (Å²) in [5.74, 6) is -0.814. The van der Waals surface area contributed by atoms with Crippen molar-refractivity contribution < 1.29 is 9.90 Å². The first-order chi connectivity index (χ1) is 4.59. The molecule has 0 saturated carbocycles. The highest BCUT2D eigenvalue weighted by Crippen LogP contribution is 2.08. The maximum absolute atomic E-state index is 10.4. The number of hydrogen-bond acceptors (Lipinski definition) is 1. The van der Waals surface area contributed by atoms with Crippen molar-refractivity contribution in [3.05, 3.63) is 24.3 Å². The Morgan fingerprint density at radius 2 is 2.10 bits per heavy atom. The number of rotatable bonds is 3. The minimum atomic E-state index is -0.866. The number of carbonyl (C=O) groups is 1. The quantitative estimate of drug-likeness (QED) is 0.479. The van der Waals surface area contributed by atoms with Gasteiger partial charge in [0.25, 0.3) is 0 Å². The monoisotopic (exact) mass is 140 g/mol. The first kappa shape index (κ1) is 8.95. The molecule has 0 rings (SSSR count). The van der Waals surface area contributed by atoms with E-state index in [-0.39, 0.29) is 5.92 Å². The molecular formula is C8H12O2. The number of allylic oxidation sites excluding steroid dienone is 2. The van der Waals surface area contributed by atoms with Crippen LogP contribution in [-0.2, 0) is 4.79 Å². The number of aliphatic carboxylic acids is 1. The molecule has 0 amide bonds. The summed E-state index contributed by atoms with van der Waals surface area (Å²) in [5, 5.41) is 8.56. The first-order valence-electron chi connectivity index (χ1n) is 3.15. The summed E-state index contributed by atoms with van der Waals surface area (Å²) in [7, 11) is 0. The molecule has 0 atom stereocenters. The van der Waals surface area contributed by atoms with Crippen LogP contribution < -0.4 is 0 Å². The van der Waals surface area contributed by atoms with Crippen LogP contribution in [0.5, 0.6) is 0 Å². The van der Waals surface area contributed by atoms with Crippen molar-refractivity contribution in [3.8, 4) is 0 Å². The summed E-state index contributed by atoms with van der Waals surface area (Å²) in [6.45, 7) is 7.10. The van der Waals surface area contributed by atoms with Gasteiger partial charge in [-0.05, 0) is 5.92 Å². The Labute approximate surface area is 60.9 Å². The van der Waals surface area contributed by atoms with E-state index in [1.165, 1.54) is 12.2 Å². The van der Waals surface area contributed by atoms with Gasteiger partial charge in [0.2, 0.25) is 0 Å². The highest BCUT2D eigenvalue weighted by molar-refractivity contribution is 5.87.